The van der Waals surface area contributed by atoms with Crippen LogP contribution in [0.1, 0.15) is 0 Å². The molecule has 218 valence electrons. The lowest BCUT2D eigenvalue weighted by molar-refractivity contribution is 0.668. The van der Waals surface area contributed by atoms with Gasteiger partial charge in [-0.2, -0.15) is 0 Å². The van der Waals surface area contributed by atoms with Gasteiger partial charge in [0.1, 0.15) is 11.2 Å². The highest BCUT2D eigenvalue weighted by atomic mass is 16.3. The SMILES string of the molecule is c1ccc(-c2nc(-c3ccc4ccc5oc6ccncc6c5c4c3)nc(-c3cc4ccc5ccccc5c4c4ccccc34)n2)cc1. The Balaban J connectivity index is 1.26. The molecule has 0 amide bonds. The van der Waals surface area contributed by atoms with E-state index in [2.05, 4.69) is 96.0 Å². The molecule has 7 aromatic carbocycles. The zero-order chi connectivity index (χ0) is 30.9. The molecule has 10 rings (SSSR count). The van der Waals surface area contributed by atoms with Crippen LogP contribution >= 0.6 is 0 Å². The standard InChI is InChI=1S/C42H24N4O/c1-2-9-27(10-3-1)40-44-41(29-17-15-26-18-19-37-39(33(26)23-29)35-24-43-21-20-36(35)47-37)46-42(45-40)34-22-28-16-14-25-8-4-5-11-30(25)38(28)32-13-7-6-12-31(32)34/h1-24H. The third kappa shape index (κ3) is 4.03. The predicted octanol–water partition coefficient (Wildman–Crippen LogP) is 10.8. The summed E-state index contributed by atoms with van der Waals surface area (Å²) in [6.45, 7) is 0. The molecular weight excluding hydrogens is 576 g/mol. The molecule has 10 aromatic rings. The summed E-state index contributed by atoms with van der Waals surface area (Å²) in [6, 6.07) is 46.3. The first-order chi connectivity index (χ1) is 23.3. The Morgan fingerprint density at radius 1 is 0.404 bits per heavy atom. The summed E-state index contributed by atoms with van der Waals surface area (Å²) >= 11 is 0. The van der Waals surface area contributed by atoms with E-state index in [9.17, 15) is 0 Å². The number of furan rings is 1. The predicted molar refractivity (Wildman–Crippen MR) is 191 cm³/mol. The average molecular weight is 601 g/mol. The van der Waals surface area contributed by atoms with Gasteiger partial charge < -0.3 is 4.42 Å². The first-order valence-electron chi connectivity index (χ1n) is 15.6. The second-order valence-electron chi connectivity index (χ2n) is 11.9. The van der Waals surface area contributed by atoms with Crippen molar-refractivity contribution in [3.63, 3.8) is 0 Å². The van der Waals surface area contributed by atoms with Crippen molar-refractivity contribution in [1.29, 1.82) is 0 Å². The molecule has 0 unspecified atom stereocenters. The van der Waals surface area contributed by atoms with Gasteiger partial charge in [-0.15, -0.1) is 0 Å². The van der Waals surface area contributed by atoms with E-state index in [0.717, 1.165) is 60.2 Å². The van der Waals surface area contributed by atoms with Crippen LogP contribution in [0.15, 0.2) is 150 Å². The van der Waals surface area contributed by atoms with Crippen LogP contribution in [0.25, 0.3) is 99.2 Å². The number of hydrogen-bond donors (Lipinski definition) is 0. The fraction of sp³-hybridized carbons (Fsp3) is 0. The smallest absolute Gasteiger partial charge is 0.164 e. The lowest BCUT2D eigenvalue weighted by atomic mass is 9.93. The number of hydrogen-bond acceptors (Lipinski definition) is 5. The minimum absolute atomic E-state index is 0.612. The average Bonchev–Trinajstić information content (AvgIpc) is 3.53. The van der Waals surface area contributed by atoms with Crippen molar-refractivity contribution in [1.82, 2.24) is 19.9 Å². The van der Waals surface area contributed by atoms with Crippen LogP contribution in [0.4, 0.5) is 0 Å². The fourth-order valence-electron chi connectivity index (χ4n) is 6.98. The highest BCUT2D eigenvalue weighted by Gasteiger charge is 2.18. The Hall–Kier alpha value is -6.46. The Morgan fingerprint density at radius 2 is 1.09 bits per heavy atom. The third-order valence-electron chi connectivity index (χ3n) is 9.17. The first-order valence-corrected chi connectivity index (χ1v) is 15.6. The Morgan fingerprint density at radius 3 is 1.98 bits per heavy atom. The molecule has 0 fully saturated rings. The van der Waals surface area contributed by atoms with Crippen LogP contribution < -0.4 is 0 Å². The maximum absolute atomic E-state index is 6.18. The highest BCUT2D eigenvalue weighted by molar-refractivity contribution is 6.23. The van der Waals surface area contributed by atoms with Gasteiger partial charge in [0.15, 0.2) is 17.5 Å². The number of benzene rings is 7. The topological polar surface area (TPSA) is 64.7 Å². The lowest BCUT2D eigenvalue weighted by Gasteiger charge is -2.14. The largest absolute Gasteiger partial charge is 0.456 e. The van der Waals surface area contributed by atoms with Crippen molar-refractivity contribution >= 4 is 65.0 Å². The van der Waals surface area contributed by atoms with Crippen molar-refractivity contribution in [2.75, 3.05) is 0 Å². The van der Waals surface area contributed by atoms with Gasteiger partial charge in [0.25, 0.3) is 0 Å². The van der Waals surface area contributed by atoms with Crippen LogP contribution in [0, 0.1) is 0 Å². The van der Waals surface area contributed by atoms with E-state index in [1.165, 1.54) is 21.5 Å². The Bertz CT molecular complexity index is 2860. The van der Waals surface area contributed by atoms with Crippen LogP contribution in [-0.4, -0.2) is 19.9 Å². The zero-order valence-corrected chi connectivity index (χ0v) is 25.1. The molecule has 0 saturated carbocycles. The van der Waals surface area contributed by atoms with E-state index in [1.807, 2.05) is 48.7 Å². The van der Waals surface area contributed by atoms with Gasteiger partial charge in [0.2, 0.25) is 0 Å². The second-order valence-corrected chi connectivity index (χ2v) is 11.9. The summed E-state index contributed by atoms with van der Waals surface area (Å²) in [6.07, 6.45) is 3.63. The minimum Gasteiger partial charge on any atom is -0.456 e. The number of rotatable bonds is 3. The summed E-state index contributed by atoms with van der Waals surface area (Å²) in [5.74, 6) is 1.88. The van der Waals surface area contributed by atoms with Crippen molar-refractivity contribution in [2.45, 2.75) is 0 Å². The monoisotopic (exact) mass is 600 g/mol. The number of nitrogens with zero attached hydrogens (tertiary/aromatic N) is 4. The lowest BCUT2D eigenvalue weighted by Crippen LogP contribution is -2.01. The molecule has 5 heteroatoms. The second kappa shape index (κ2) is 10.0. The van der Waals surface area contributed by atoms with Gasteiger partial charge in [-0.3, -0.25) is 4.98 Å². The molecule has 0 atom stereocenters. The molecule has 0 aliphatic heterocycles. The maximum Gasteiger partial charge on any atom is 0.164 e. The summed E-state index contributed by atoms with van der Waals surface area (Å²) in [7, 11) is 0. The maximum atomic E-state index is 6.18. The highest BCUT2D eigenvalue weighted by Crippen LogP contribution is 2.39. The van der Waals surface area contributed by atoms with E-state index < -0.39 is 0 Å². The summed E-state index contributed by atoms with van der Waals surface area (Å²) in [4.78, 5) is 19.8. The summed E-state index contributed by atoms with van der Waals surface area (Å²) in [5, 5.41) is 11.3. The zero-order valence-electron chi connectivity index (χ0n) is 25.1. The molecule has 3 aromatic heterocycles. The quantitative estimate of drug-likeness (QED) is 0.189. The fourth-order valence-corrected chi connectivity index (χ4v) is 6.98. The molecule has 5 nitrogen and oxygen atoms in total. The molecule has 0 aliphatic carbocycles. The van der Waals surface area contributed by atoms with Crippen LogP contribution in [0.3, 0.4) is 0 Å². The number of aromatic nitrogens is 4. The molecule has 0 N–H and O–H groups in total. The van der Waals surface area contributed by atoms with E-state index in [-0.39, 0.29) is 0 Å². The van der Waals surface area contributed by atoms with Crippen LogP contribution in [-0.2, 0) is 0 Å². The van der Waals surface area contributed by atoms with Crippen LogP contribution in [0.5, 0.6) is 0 Å². The van der Waals surface area contributed by atoms with Gasteiger partial charge in [-0.25, -0.2) is 15.0 Å². The molecule has 47 heavy (non-hydrogen) atoms. The third-order valence-corrected chi connectivity index (χ3v) is 9.17. The summed E-state index contributed by atoms with van der Waals surface area (Å²) < 4.78 is 6.18. The molecule has 0 aliphatic rings. The van der Waals surface area contributed by atoms with Gasteiger partial charge in [-0.05, 0) is 67.4 Å². The molecule has 0 radical (unpaired) electrons. The molecule has 3 heterocycles. The molecular formula is C42H24N4O. The number of pyridine rings is 1. The van der Waals surface area contributed by atoms with Gasteiger partial charge in [0, 0.05) is 39.9 Å². The number of fused-ring (bicyclic) bond motifs is 10. The van der Waals surface area contributed by atoms with Crippen LogP contribution in [0.2, 0.25) is 0 Å². The summed E-state index contributed by atoms with van der Waals surface area (Å²) in [5.41, 5.74) is 4.45. The first kappa shape index (κ1) is 25.8. The normalized spacial score (nSPS) is 11.8. The van der Waals surface area contributed by atoms with E-state index in [4.69, 9.17) is 19.4 Å². The van der Waals surface area contributed by atoms with Gasteiger partial charge in [0.05, 0.1) is 0 Å². The molecule has 0 bridgehead atoms. The van der Waals surface area contributed by atoms with Crippen molar-refractivity contribution < 1.29 is 4.42 Å². The van der Waals surface area contributed by atoms with E-state index in [1.54, 1.807) is 6.20 Å². The van der Waals surface area contributed by atoms with Gasteiger partial charge in [-0.1, -0.05) is 109 Å². The van der Waals surface area contributed by atoms with E-state index in [0.29, 0.717) is 17.5 Å². The van der Waals surface area contributed by atoms with Gasteiger partial charge >= 0.3 is 0 Å². The van der Waals surface area contributed by atoms with E-state index >= 15 is 0 Å². The van der Waals surface area contributed by atoms with Crippen molar-refractivity contribution in [3.05, 3.63) is 146 Å². The Labute approximate surface area is 268 Å². The Kier molecular flexibility index (Phi) is 5.51. The minimum atomic E-state index is 0.612. The van der Waals surface area contributed by atoms with Crippen molar-refractivity contribution in [3.8, 4) is 34.2 Å². The molecule has 0 spiro atoms. The molecule has 0 saturated heterocycles. The van der Waals surface area contributed by atoms with Crippen molar-refractivity contribution in [2.24, 2.45) is 0 Å².